The van der Waals surface area contributed by atoms with Crippen molar-refractivity contribution in [2.24, 2.45) is 0 Å². The average Bonchev–Trinajstić information content (AvgIpc) is 2.42. The number of nitrogens with zero attached hydrogens (tertiary/aromatic N) is 1. The maximum atomic E-state index is 12.0. The highest BCUT2D eigenvalue weighted by atomic mass is 19.4. The smallest absolute Gasteiger partial charge is 0.370 e. The minimum Gasteiger partial charge on any atom is -0.370 e. The lowest BCUT2D eigenvalue weighted by molar-refractivity contribution is -0.173. The molecule has 0 saturated carbocycles. The summed E-state index contributed by atoms with van der Waals surface area (Å²) < 4.78 is 40.7. The van der Waals surface area contributed by atoms with Crippen molar-refractivity contribution in [1.82, 2.24) is 5.32 Å². The van der Waals surface area contributed by atoms with Crippen molar-refractivity contribution in [1.29, 1.82) is 0 Å². The summed E-state index contributed by atoms with van der Waals surface area (Å²) >= 11 is 0. The summed E-state index contributed by atoms with van der Waals surface area (Å²) in [5, 5.41) is 3.26. The highest BCUT2D eigenvalue weighted by Crippen LogP contribution is 2.33. The van der Waals surface area contributed by atoms with Crippen LogP contribution in [0.1, 0.15) is 18.0 Å². The summed E-state index contributed by atoms with van der Waals surface area (Å²) in [6, 6.07) is 8.29. The third kappa shape index (κ3) is 3.86. The van der Waals surface area contributed by atoms with E-state index < -0.39 is 12.8 Å². The number of hydrogen-bond donors (Lipinski definition) is 1. The first-order valence-electron chi connectivity index (χ1n) is 6.67. The van der Waals surface area contributed by atoms with Crippen molar-refractivity contribution < 1.29 is 17.9 Å². The van der Waals surface area contributed by atoms with E-state index in [2.05, 4.69) is 21.0 Å². The summed E-state index contributed by atoms with van der Waals surface area (Å²) in [5.41, 5.74) is 2.27. The second kappa shape index (κ2) is 6.45. The molecule has 0 bridgehead atoms. The van der Waals surface area contributed by atoms with Crippen LogP contribution < -0.4 is 10.2 Å². The van der Waals surface area contributed by atoms with Gasteiger partial charge >= 0.3 is 6.18 Å². The maximum Gasteiger partial charge on any atom is 0.411 e. The summed E-state index contributed by atoms with van der Waals surface area (Å²) in [4.78, 5) is 2.08. The van der Waals surface area contributed by atoms with Gasteiger partial charge in [0.25, 0.3) is 0 Å². The predicted octanol–water partition coefficient (Wildman–Crippen LogP) is 2.74. The van der Waals surface area contributed by atoms with Crippen LogP contribution in [0.2, 0.25) is 0 Å². The van der Waals surface area contributed by atoms with E-state index in [9.17, 15) is 13.2 Å². The van der Waals surface area contributed by atoms with Crippen LogP contribution in [0, 0.1) is 0 Å². The first kappa shape index (κ1) is 15.1. The second-order valence-corrected chi connectivity index (χ2v) is 4.84. The Bertz CT molecular complexity index is 437. The molecular weight excluding hydrogens is 269 g/mol. The van der Waals surface area contributed by atoms with Crippen LogP contribution in [-0.2, 0) is 4.74 Å². The second-order valence-electron chi connectivity index (χ2n) is 4.84. The van der Waals surface area contributed by atoms with Crippen molar-refractivity contribution in [2.45, 2.75) is 18.6 Å². The zero-order valence-corrected chi connectivity index (χ0v) is 11.4. The highest BCUT2D eigenvalue weighted by Gasteiger charge is 2.28. The number of halogens is 3. The van der Waals surface area contributed by atoms with Crippen molar-refractivity contribution in [3.05, 3.63) is 29.8 Å². The van der Waals surface area contributed by atoms with E-state index >= 15 is 0 Å². The van der Waals surface area contributed by atoms with E-state index in [0.717, 1.165) is 18.7 Å². The van der Waals surface area contributed by atoms with Gasteiger partial charge in [-0.25, -0.2) is 0 Å². The Labute approximate surface area is 116 Å². The Hall–Kier alpha value is -1.27. The van der Waals surface area contributed by atoms with Gasteiger partial charge in [0.2, 0.25) is 0 Å². The Balaban J connectivity index is 1.93. The minimum absolute atomic E-state index is 0.0814. The fourth-order valence-corrected chi connectivity index (χ4v) is 2.53. The zero-order chi connectivity index (χ0) is 14.6. The molecule has 1 aromatic carbocycles. The molecule has 0 saturated heterocycles. The summed E-state index contributed by atoms with van der Waals surface area (Å²) in [5.74, 6) is 0. The molecular formula is C14H19F3N2O. The SMILES string of the molecule is CNC1CCN(CCOCC(F)(F)F)c2ccccc21. The molecule has 1 atom stereocenters. The molecule has 1 heterocycles. The van der Waals surface area contributed by atoms with E-state index in [1.165, 1.54) is 5.56 Å². The molecule has 1 aromatic rings. The topological polar surface area (TPSA) is 24.5 Å². The molecule has 0 amide bonds. The van der Waals surface area contributed by atoms with Crippen molar-refractivity contribution >= 4 is 5.69 Å². The summed E-state index contributed by atoms with van der Waals surface area (Å²) in [6.07, 6.45) is -3.32. The van der Waals surface area contributed by atoms with Gasteiger partial charge in [0.15, 0.2) is 0 Å². The quantitative estimate of drug-likeness (QED) is 0.843. The number of fused-ring (bicyclic) bond motifs is 1. The van der Waals surface area contributed by atoms with Gasteiger partial charge in [0.05, 0.1) is 6.61 Å². The van der Waals surface area contributed by atoms with Crippen LogP contribution >= 0.6 is 0 Å². The van der Waals surface area contributed by atoms with E-state index in [4.69, 9.17) is 0 Å². The number of hydrogen-bond acceptors (Lipinski definition) is 3. The fourth-order valence-electron chi connectivity index (χ4n) is 2.53. The van der Waals surface area contributed by atoms with Crippen molar-refractivity contribution in [3.63, 3.8) is 0 Å². The number of anilines is 1. The van der Waals surface area contributed by atoms with Gasteiger partial charge in [-0.15, -0.1) is 0 Å². The van der Waals surface area contributed by atoms with Gasteiger partial charge in [-0.05, 0) is 25.1 Å². The fraction of sp³-hybridized carbons (Fsp3) is 0.571. The number of alkyl halides is 3. The first-order chi connectivity index (χ1) is 9.51. The van der Waals surface area contributed by atoms with Crippen LogP contribution in [0.5, 0.6) is 0 Å². The van der Waals surface area contributed by atoms with Crippen LogP contribution in [0.3, 0.4) is 0 Å². The van der Waals surface area contributed by atoms with Crippen molar-refractivity contribution in [3.8, 4) is 0 Å². The molecule has 1 unspecified atom stereocenters. The van der Waals surface area contributed by atoms with Gasteiger partial charge in [-0.1, -0.05) is 18.2 Å². The molecule has 0 aromatic heterocycles. The standard InChI is InChI=1S/C14H19F3N2O/c1-18-12-6-7-19(8-9-20-10-14(15,16)17)13-5-3-2-4-11(12)13/h2-5,12,18H,6-10H2,1H3. The van der Waals surface area contributed by atoms with Gasteiger partial charge in [-0.2, -0.15) is 13.2 Å². The number of nitrogens with one attached hydrogen (secondary N) is 1. The lowest BCUT2D eigenvalue weighted by Gasteiger charge is -2.35. The summed E-state index contributed by atoms with van der Waals surface area (Å²) in [6.45, 7) is 0.196. The lowest BCUT2D eigenvalue weighted by Crippen LogP contribution is -2.37. The minimum atomic E-state index is -4.25. The average molecular weight is 288 g/mol. The first-order valence-corrected chi connectivity index (χ1v) is 6.67. The normalized spacial score (nSPS) is 19.0. The molecule has 0 aliphatic carbocycles. The molecule has 0 radical (unpaired) electrons. The third-order valence-corrected chi connectivity index (χ3v) is 3.46. The maximum absolute atomic E-state index is 12.0. The van der Waals surface area contributed by atoms with E-state index in [1.54, 1.807) is 0 Å². The Kier molecular flexibility index (Phi) is 4.88. The van der Waals surface area contributed by atoms with Crippen LogP contribution in [0.15, 0.2) is 24.3 Å². The molecule has 0 spiro atoms. The third-order valence-electron chi connectivity index (χ3n) is 3.46. The molecule has 1 N–H and O–H groups in total. The number of ether oxygens (including phenoxy) is 1. The van der Waals surface area contributed by atoms with Crippen LogP contribution in [0.4, 0.5) is 18.9 Å². The monoisotopic (exact) mass is 288 g/mol. The van der Waals surface area contributed by atoms with Gasteiger partial charge in [-0.3, -0.25) is 0 Å². The molecule has 1 aliphatic rings. The van der Waals surface area contributed by atoms with Crippen LogP contribution in [-0.4, -0.2) is 39.5 Å². The molecule has 0 fully saturated rings. The number of para-hydroxylation sites is 1. The van der Waals surface area contributed by atoms with E-state index in [-0.39, 0.29) is 6.61 Å². The van der Waals surface area contributed by atoms with Gasteiger partial charge < -0.3 is 15.0 Å². The predicted molar refractivity (Wildman–Crippen MR) is 71.9 cm³/mol. The molecule has 6 heteroatoms. The van der Waals surface area contributed by atoms with Crippen LogP contribution in [0.25, 0.3) is 0 Å². The number of rotatable bonds is 5. The van der Waals surface area contributed by atoms with Gasteiger partial charge in [0.1, 0.15) is 6.61 Å². The highest BCUT2D eigenvalue weighted by molar-refractivity contribution is 5.56. The zero-order valence-electron chi connectivity index (χ0n) is 11.4. The largest absolute Gasteiger partial charge is 0.411 e. The molecule has 1 aliphatic heterocycles. The Morgan fingerprint density at radius 3 is 2.80 bits per heavy atom. The lowest BCUT2D eigenvalue weighted by atomic mass is 9.96. The molecule has 20 heavy (non-hydrogen) atoms. The van der Waals surface area contributed by atoms with E-state index in [0.29, 0.717) is 12.6 Å². The Morgan fingerprint density at radius 1 is 1.35 bits per heavy atom. The molecule has 2 rings (SSSR count). The number of benzene rings is 1. The molecule has 3 nitrogen and oxygen atoms in total. The van der Waals surface area contributed by atoms with E-state index in [1.807, 2.05) is 25.2 Å². The van der Waals surface area contributed by atoms with Gasteiger partial charge in [0, 0.05) is 24.8 Å². The van der Waals surface area contributed by atoms with Crippen molar-refractivity contribution in [2.75, 3.05) is 38.3 Å². The summed E-state index contributed by atoms with van der Waals surface area (Å²) in [7, 11) is 1.92. The Morgan fingerprint density at radius 2 is 2.10 bits per heavy atom. The molecule has 112 valence electrons.